The van der Waals surface area contributed by atoms with Gasteiger partial charge in [0, 0.05) is 12.6 Å². The van der Waals surface area contributed by atoms with E-state index in [9.17, 15) is 18.0 Å². The van der Waals surface area contributed by atoms with Crippen molar-refractivity contribution in [3.63, 3.8) is 0 Å². The van der Waals surface area contributed by atoms with Crippen molar-refractivity contribution in [2.24, 2.45) is 0 Å². The number of benzene rings is 4. The number of anilines is 1. The van der Waals surface area contributed by atoms with Crippen LogP contribution in [0.1, 0.15) is 62.1 Å². The number of carbonyl (C=O) groups excluding carboxylic acids is 2. The second-order valence-corrected chi connectivity index (χ2v) is 14.4. The monoisotopic (exact) mass is 667 g/mol. The van der Waals surface area contributed by atoms with E-state index in [2.05, 4.69) is 5.32 Å². The molecular formula is C39H45N3O5S. The molecule has 2 amide bonds. The maximum atomic E-state index is 14.5. The van der Waals surface area contributed by atoms with Gasteiger partial charge in [0.05, 0.1) is 10.6 Å². The number of nitrogens with one attached hydrogen (secondary N) is 1. The second-order valence-electron chi connectivity index (χ2n) is 12.5. The van der Waals surface area contributed by atoms with Crippen molar-refractivity contribution in [1.82, 2.24) is 10.2 Å². The third-order valence-corrected chi connectivity index (χ3v) is 10.6. The summed E-state index contributed by atoms with van der Waals surface area (Å²) >= 11 is 0. The van der Waals surface area contributed by atoms with Crippen molar-refractivity contribution in [2.75, 3.05) is 10.8 Å². The number of hydrogen-bond donors (Lipinski definition) is 1. The van der Waals surface area contributed by atoms with Gasteiger partial charge in [0.15, 0.2) is 0 Å². The molecule has 1 saturated carbocycles. The Bertz CT molecular complexity index is 1750. The minimum absolute atomic E-state index is 0.0673. The molecule has 0 aliphatic heterocycles. The molecule has 48 heavy (non-hydrogen) atoms. The third kappa shape index (κ3) is 8.83. The van der Waals surface area contributed by atoms with E-state index >= 15 is 0 Å². The van der Waals surface area contributed by atoms with Gasteiger partial charge < -0.3 is 15.0 Å². The topological polar surface area (TPSA) is 96.0 Å². The van der Waals surface area contributed by atoms with Gasteiger partial charge in [-0.3, -0.25) is 13.9 Å². The Labute approximate surface area is 284 Å². The number of ether oxygens (including phenoxy) is 1. The smallest absolute Gasteiger partial charge is 0.264 e. The van der Waals surface area contributed by atoms with E-state index < -0.39 is 28.5 Å². The predicted molar refractivity (Wildman–Crippen MR) is 189 cm³/mol. The fraction of sp³-hybridized carbons (Fsp3) is 0.333. The van der Waals surface area contributed by atoms with E-state index in [0.29, 0.717) is 23.6 Å². The number of sulfonamides is 1. The first-order chi connectivity index (χ1) is 23.1. The molecule has 1 aliphatic rings. The zero-order chi connectivity index (χ0) is 34.1. The second kappa shape index (κ2) is 16.0. The molecule has 0 heterocycles. The van der Waals surface area contributed by atoms with Gasteiger partial charge >= 0.3 is 0 Å². The molecule has 9 heteroatoms. The van der Waals surface area contributed by atoms with Crippen LogP contribution in [-0.2, 0) is 26.2 Å². The summed E-state index contributed by atoms with van der Waals surface area (Å²) in [7, 11) is -4.18. The Balaban J connectivity index is 1.48. The van der Waals surface area contributed by atoms with E-state index in [1.807, 2.05) is 75.4 Å². The SMILES string of the molecule is CC[C@H](C(=O)NC1CCCCC1)N(Cc1ccc(C)cc1)C(=O)CN(c1ccc(Oc2ccccc2)cc1)S(=O)(=O)c1ccc(C)cc1. The number of rotatable bonds is 13. The Morgan fingerprint density at radius 1 is 0.792 bits per heavy atom. The fourth-order valence-electron chi connectivity index (χ4n) is 6.03. The van der Waals surface area contributed by atoms with Crippen molar-refractivity contribution < 1.29 is 22.7 Å². The molecular weight excluding hydrogens is 623 g/mol. The van der Waals surface area contributed by atoms with Crippen LogP contribution < -0.4 is 14.4 Å². The van der Waals surface area contributed by atoms with Gasteiger partial charge in [-0.05, 0) is 87.2 Å². The van der Waals surface area contributed by atoms with Gasteiger partial charge in [-0.1, -0.05) is 91.9 Å². The predicted octanol–water partition coefficient (Wildman–Crippen LogP) is 7.55. The number of carbonyl (C=O) groups is 2. The Morgan fingerprint density at radius 2 is 1.38 bits per heavy atom. The maximum absolute atomic E-state index is 14.5. The molecule has 0 unspecified atom stereocenters. The highest BCUT2D eigenvalue weighted by atomic mass is 32.2. The lowest BCUT2D eigenvalue weighted by molar-refractivity contribution is -0.140. The van der Waals surface area contributed by atoms with Crippen LogP contribution in [0.25, 0.3) is 0 Å². The number of nitrogens with zero attached hydrogens (tertiary/aromatic N) is 2. The van der Waals surface area contributed by atoms with Crippen LogP contribution in [0.2, 0.25) is 0 Å². The lowest BCUT2D eigenvalue weighted by atomic mass is 9.95. The molecule has 1 aliphatic carbocycles. The van der Waals surface area contributed by atoms with Crippen molar-refractivity contribution in [3.8, 4) is 11.5 Å². The maximum Gasteiger partial charge on any atom is 0.264 e. The summed E-state index contributed by atoms with van der Waals surface area (Å²) in [6, 6.07) is 29.6. The van der Waals surface area contributed by atoms with Crippen molar-refractivity contribution in [2.45, 2.75) is 82.8 Å². The number of hydrogen-bond acceptors (Lipinski definition) is 5. The molecule has 0 aromatic heterocycles. The minimum Gasteiger partial charge on any atom is -0.457 e. The standard InChI is InChI=1S/C39H45N3O5S/c1-4-37(39(44)40-32-11-7-5-8-12-32)41(27-31-19-15-29(2)16-20-31)38(43)28-42(48(45,46)36-25-17-30(3)18-26-36)33-21-23-35(24-22-33)47-34-13-9-6-10-14-34/h6,9-10,13-26,32,37H,4-5,7-8,11-12,27-28H2,1-3H3,(H,40,44)/t37-/m1/s1. The first-order valence-electron chi connectivity index (χ1n) is 16.7. The van der Waals surface area contributed by atoms with Crippen LogP contribution in [0.5, 0.6) is 11.5 Å². The molecule has 4 aromatic carbocycles. The summed E-state index contributed by atoms with van der Waals surface area (Å²) < 4.78 is 35.6. The van der Waals surface area contributed by atoms with Crippen LogP contribution in [0, 0.1) is 13.8 Å². The van der Waals surface area contributed by atoms with E-state index in [0.717, 1.165) is 53.1 Å². The molecule has 4 aromatic rings. The van der Waals surface area contributed by atoms with Gasteiger partial charge in [0.25, 0.3) is 10.0 Å². The Morgan fingerprint density at radius 3 is 1.98 bits per heavy atom. The Hall–Kier alpha value is -4.63. The molecule has 0 spiro atoms. The van der Waals surface area contributed by atoms with Gasteiger partial charge in [0.2, 0.25) is 11.8 Å². The molecule has 1 N–H and O–H groups in total. The summed E-state index contributed by atoms with van der Waals surface area (Å²) in [6.07, 6.45) is 5.50. The molecule has 1 fully saturated rings. The average molecular weight is 668 g/mol. The van der Waals surface area contributed by atoms with Crippen molar-refractivity contribution >= 4 is 27.5 Å². The van der Waals surface area contributed by atoms with Gasteiger partial charge in [-0.25, -0.2) is 8.42 Å². The molecule has 252 valence electrons. The van der Waals surface area contributed by atoms with Crippen LogP contribution in [0.3, 0.4) is 0 Å². The van der Waals surface area contributed by atoms with Crippen molar-refractivity contribution in [3.05, 3.63) is 120 Å². The van der Waals surface area contributed by atoms with E-state index in [1.165, 1.54) is 4.90 Å². The largest absolute Gasteiger partial charge is 0.457 e. The van der Waals surface area contributed by atoms with Crippen LogP contribution in [-0.4, -0.2) is 43.8 Å². The lowest BCUT2D eigenvalue weighted by Crippen LogP contribution is -2.54. The fourth-order valence-corrected chi connectivity index (χ4v) is 7.44. The molecule has 0 bridgehead atoms. The average Bonchev–Trinajstić information content (AvgIpc) is 3.09. The molecule has 1 atom stereocenters. The Kier molecular flexibility index (Phi) is 11.5. The van der Waals surface area contributed by atoms with Gasteiger partial charge in [-0.15, -0.1) is 0 Å². The van der Waals surface area contributed by atoms with Crippen molar-refractivity contribution in [1.29, 1.82) is 0 Å². The zero-order valence-electron chi connectivity index (χ0n) is 28.0. The quantitative estimate of drug-likeness (QED) is 0.159. The minimum atomic E-state index is -4.18. The highest BCUT2D eigenvalue weighted by Gasteiger charge is 2.34. The first kappa shape index (κ1) is 34.7. The molecule has 5 rings (SSSR count). The number of amides is 2. The lowest BCUT2D eigenvalue weighted by Gasteiger charge is -2.34. The number of para-hydroxylation sites is 1. The van der Waals surface area contributed by atoms with Crippen LogP contribution in [0.4, 0.5) is 5.69 Å². The van der Waals surface area contributed by atoms with Crippen LogP contribution in [0.15, 0.2) is 108 Å². The normalized spacial score (nSPS) is 14.1. The van der Waals surface area contributed by atoms with Gasteiger partial charge in [0.1, 0.15) is 24.1 Å². The van der Waals surface area contributed by atoms with Gasteiger partial charge in [-0.2, -0.15) is 0 Å². The van der Waals surface area contributed by atoms with E-state index in [4.69, 9.17) is 4.74 Å². The van der Waals surface area contributed by atoms with E-state index in [1.54, 1.807) is 48.5 Å². The molecule has 0 saturated heterocycles. The summed E-state index contributed by atoms with van der Waals surface area (Å²) in [6.45, 7) is 5.43. The van der Waals surface area contributed by atoms with E-state index in [-0.39, 0.29) is 23.4 Å². The summed E-state index contributed by atoms with van der Waals surface area (Å²) in [5.41, 5.74) is 3.15. The summed E-state index contributed by atoms with van der Waals surface area (Å²) in [4.78, 5) is 29.8. The number of aryl methyl sites for hydroxylation is 2. The molecule has 8 nitrogen and oxygen atoms in total. The third-order valence-electron chi connectivity index (χ3n) is 8.80. The summed E-state index contributed by atoms with van der Waals surface area (Å²) in [5.74, 6) is 0.491. The first-order valence-corrected chi connectivity index (χ1v) is 18.2. The van der Waals surface area contributed by atoms with Crippen LogP contribution >= 0.6 is 0 Å². The highest BCUT2D eigenvalue weighted by molar-refractivity contribution is 7.92. The summed E-state index contributed by atoms with van der Waals surface area (Å²) in [5, 5.41) is 3.19. The zero-order valence-corrected chi connectivity index (χ0v) is 28.8. The molecule has 0 radical (unpaired) electrons. The highest BCUT2D eigenvalue weighted by Crippen LogP contribution is 2.29.